The number of carbonyl (C=O) groups is 2. The highest BCUT2D eigenvalue weighted by Gasteiger charge is 2.08. The first-order chi connectivity index (χ1) is 15.1. The van der Waals surface area contributed by atoms with Crippen LogP contribution in [0.15, 0.2) is 106 Å². The number of amides is 1. The van der Waals surface area contributed by atoms with Crippen molar-refractivity contribution in [3.8, 4) is 0 Å². The normalized spacial score (nSPS) is 10.9. The number of nitrogens with zero attached hydrogens (tertiary/aromatic N) is 2. The van der Waals surface area contributed by atoms with Crippen LogP contribution >= 0.6 is 15.9 Å². The Hall–Kier alpha value is -3.84. The van der Waals surface area contributed by atoms with Crippen LogP contribution in [0.25, 0.3) is 10.8 Å². The maximum absolute atomic E-state index is 12.3. The fourth-order valence-corrected chi connectivity index (χ4v) is 3.09. The van der Waals surface area contributed by atoms with Gasteiger partial charge in [0.1, 0.15) is 0 Å². The smallest absolute Gasteiger partial charge is 0.338 e. The number of benzene rings is 4. The number of azo groups is 1. The summed E-state index contributed by atoms with van der Waals surface area (Å²) in [6.07, 6.45) is 0. The van der Waals surface area contributed by atoms with Crippen LogP contribution in [0.4, 0.5) is 11.4 Å². The molecule has 0 saturated heterocycles. The number of hydrogen-bond acceptors (Lipinski definition) is 5. The second-order valence-corrected chi connectivity index (χ2v) is 7.53. The van der Waals surface area contributed by atoms with E-state index in [0.717, 1.165) is 15.2 Å². The van der Waals surface area contributed by atoms with Gasteiger partial charge in [-0.1, -0.05) is 46.3 Å². The topological polar surface area (TPSA) is 80.1 Å². The first-order valence-electron chi connectivity index (χ1n) is 9.36. The van der Waals surface area contributed by atoms with Crippen molar-refractivity contribution < 1.29 is 14.4 Å². The van der Waals surface area contributed by atoms with Crippen molar-refractivity contribution in [1.82, 2.24) is 0 Å². The third kappa shape index (κ3) is 5.21. The van der Waals surface area contributed by atoms with Gasteiger partial charge in [0.05, 0.1) is 16.9 Å². The van der Waals surface area contributed by atoms with Crippen LogP contribution in [0.3, 0.4) is 0 Å². The summed E-state index contributed by atoms with van der Waals surface area (Å²) in [5, 5.41) is 9.81. The molecule has 0 atom stereocenters. The zero-order valence-electron chi connectivity index (χ0n) is 16.2. The number of nitrogens with one attached hydrogen (secondary N) is 1. The lowest BCUT2D eigenvalue weighted by atomic mass is 10.1. The minimum absolute atomic E-state index is 0.420. The summed E-state index contributed by atoms with van der Waals surface area (Å²) in [5.74, 6) is -0.923. The average Bonchev–Trinajstić information content (AvgIpc) is 2.81. The molecule has 0 unspecified atom stereocenters. The SMILES string of the molecule is O=C(N=Nc1ccc(NOC(=O)c2ccc(Br)cc2)cc1)c1ccc2ccccc2c1. The molecule has 0 aromatic heterocycles. The second kappa shape index (κ2) is 9.32. The summed E-state index contributed by atoms with van der Waals surface area (Å²) in [6.45, 7) is 0. The summed E-state index contributed by atoms with van der Waals surface area (Å²) in [5.41, 5.74) is 4.55. The molecule has 0 bridgehead atoms. The zero-order valence-corrected chi connectivity index (χ0v) is 17.7. The number of rotatable bonds is 5. The Bertz CT molecular complexity index is 1270. The van der Waals surface area contributed by atoms with E-state index in [1.54, 1.807) is 60.7 Å². The van der Waals surface area contributed by atoms with E-state index < -0.39 is 11.9 Å². The summed E-state index contributed by atoms with van der Waals surface area (Å²) >= 11 is 3.32. The molecular formula is C24H16BrN3O3. The number of carbonyl (C=O) groups excluding carboxylic acids is 2. The van der Waals surface area contributed by atoms with Crippen LogP contribution in [0, 0.1) is 0 Å². The van der Waals surface area contributed by atoms with Gasteiger partial charge in [-0.15, -0.1) is 10.2 Å². The standard InChI is InChI=1S/C24H16BrN3O3/c25-20-9-7-17(8-10-20)24(30)31-28-22-13-11-21(12-14-22)26-27-23(29)19-6-5-16-3-1-2-4-18(16)15-19/h1-15,28H. The van der Waals surface area contributed by atoms with E-state index in [1.165, 1.54) is 0 Å². The number of anilines is 1. The molecule has 0 spiro atoms. The number of fused-ring (bicyclic) bond motifs is 1. The van der Waals surface area contributed by atoms with Crippen LogP contribution in [0.2, 0.25) is 0 Å². The molecule has 0 aliphatic rings. The fourth-order valence-electron chi connectivity index (χ4n) is 2.83. The van der Waals surface area contributed by atoms with Gasteiger partial charge in [0.15, 0.2) is 0 Å². The predicted octanol–water partition coefficient (Wildman–Crippen LogP) is 6.71. The Balaban J connectivity index is 1.36. The molecular weight excluding hydrogens is 458 g/mol. The van der Waals surface area contributed by atoms with Gasteiger partial charge in [0.25, 0.3) is 5.91 Å². The molecule has 0 heterocycles. The van der Waals surface area contributed by atoms with Gasteiger partial charge in [-0.3, -0.25) is 4.79 Å². The highest BCUT2D eigenvalue weighted by molar-refractivity contribution is 9.10. The predicted molar refractivity (Wildman–Crippen MR) is 122 cm³/mol. The minimum Gasteiger partial charge on any atom is -0.338 e. The van der Waals surface area contributed by atoms with Gasteiger partial charge in [0, 0.05) is 10.0 Å². The lowest BCUT2D eigenvalue weighted by Gasteiger charge is -2.07. The van der Waals surface area contributed by atoms with Gasteiger partial charge in [-0.25, -0.2) is 10.3 Å². The molecule has 31 heavy (non-hydrogen) atoms. The molecule has 1 N–H and O–H groups in total. The van der Waals surface area contributed by atoms with Crippen LogP contribution in [0.1, 0.15) is 20.7 Å². The molecule has 0 fully saturated rings. The van der Waals surface area contributed by atoms with E-state index in [4.69, 9.17) is 4.84 Å². The third-order valence-corrected chi connectivity index (χ3v) is 4.99. The van der Waals surface area contributed by atoms with Crippen molar-refractivity contribution in [3.05, 3.63) is 107 Å². The highest BCUT2D eigenvalue weighted by atomic mass is 79.9. The molecule has 152 valence electrons. The van der Waals surface area contributed by atoms with E-state index in [2.05, 4.69) is 31.6 Å². The Morgan fingerprint density at radius 1 is 0.774 bits per heavy atom. The van der Waals surface area contributed by atoms with Crippen LogP contribution in [0.5, 0.6) is 0 Å². The van der Waals surface area contributed by atoms with Gasteiger partial charge < -0.3 is 4.84 Å². The van der Waals surface area contributed by atoms with Crippen molar-refractivity contribution in [2.24, 2.45) is 10.2 Å². The van der Waals surface area contributed by atoms with Gasteiger partial charge in [0.2, 0.25) is 0 Å². The number of halogens is 1. The van der Waals surface area contributed by atoms with Crippen molar-refractivity contribution in [1.29, 1.82) is 0 Å². The summed E-state index contributed by atoms with van der Waals surface area (Å²) in [6, 6.07) is 26.7. The Morgan fingerprint density at radius 2 is 1.45 bits per heavy atom. The van der Waals surface area contributed by atoms with Crippen LogP contribution in [-0.2, 0) is 4.84 Å². The summed E-state index contributed by atoms with van der Waals surface area (Å²) < 4.78 is 0.876. The van der Waals surface area contributed by atoms with Crippen molar-refractivity contribution in [2.45, 2.75) is 0 Å². The summed E-state index contributed by atoms with van der Waals surface area (Å²) in [7, 11) is 0. The lowest BCUT2D eigenvalue weighted by Crippen LogP contribution is -2.10. The maximum atomic E-state index is 12.3. The van der Waals surface area contributed by atoms with E-state index in [0.29, 0.717) is 22.5 Å². The Morgan fingerprint density at radius 3 is 2.19 bits per heavy atom. The molecule has 0 radical (unpaired) electrons. The largest absolute Gasteiger partial charge is 0.362 e. The third-order valence-electron chi connectivity index (χ3n) is 4.46. The lowest BCUT2D eigenvalue weighted by molar-refractivity contribution is 0.0596. The monoisotopic (exact) mass is 473 g/mol. The summed E-state index contributed by atoms with van der Waals surface area (Å²) in [4.78, 5) is 29.4. The van der Waals surface area contributed by atoms with Crippen LogP contribution < -0.4 is 5.48 Å². The molecule has 4 aromatic rings. The molecule has 0 saturated carbocycles. The molecule has 7 heteroatoms. The van der Waals surface area contributed by atoms with Gasteiger partial charge in [-0.2, -0.15) is 0 Å². The second-order valence-electron chi connectivity index (χ2n) is 6.61. The Labute approximate surface area is 186 Å². The van der Waals surface area contributed by atoms with E-state index in [1.807, 2.05) is 30.3 Å². The molecule has 4 rings (SSSR count). The molecule has 0 aliphatic carbocycles. The Kier molecular flexibility index (Phi) is 6.14. The zero-order chi connectivity index (χ0) is 21.6. The van der Waals surface area contributed by atoms with Gasteiger partial charge in [-0.05, 0) is 71.4 Å². The van der Waals surface area contributed by atoms with Crippen molar-refractivity contribution in [2.75, 3.05) is 5.48 Å². The first-order valence-corrected chi connectivity index (χ1v) is 10.2. The van der Waals surface area contributed by atoms with Crippen molar-refractivity contribution in [3.63, 3.8) is 0 Å². The molecule has 4 aromatic carbocycles. The number of hydrogen-bond donors (Lipinski definition) is 1. The quantitative estimate of drug-likeness (QED) is 0.258. The molecule has 0 aliphatic heterocycles. The maximum Gasteiger partial charge on any atom is 0.362 e. The van der Waals surface area contributed by atoms with E-state index in [9.17, 15) is 9.59 Å². The molecule has 6 nitrogen and oxygen atoms in total. The molecule has 1 amide bonds. The van der Waals surface area contributed by atoms with Gasteiger partial charge >= 0.3 is 5.97 Å². The minimum atomic E-state index is -0.503. The first kappa shape index (κ1) is 20.4. The highest BCUT2D eigenvalue weighted by Crippen LogP contribution is 2.20. The fraction of sp³-hybridized carbons (Fsp3) is 0. The van der Waals surface area contributed by atoms with Crippen LogP contribution in [-0.4, -0.2) is 11.9 Å². The average molecular weight is 474 g/mol. The van der Waals surface area contributed by atoms with E-state index >= 15 is 0 Å². The van der Waals surface area contributed by atoms with Crippen molar-refractivity contribution >= 4 is 50.0 Å². The van der Waals surface area contributed by atoms with E-state index in [-0.39, 0.29) is 0 Å².